The molecule has 0 amide bonds. The van der Waals surface area contributed by atoms with Gasteiger partial charge in [0, 0.05) is 18.6 Å². The van der Waals surface area contributed by atoms with E-state index >= 15 is 0 Å². The number of nitrogens with one attached hydrogen (secondary N) is 1. The molecule has 1 aliphatic carbocycles. The fraction of sp³-hybridized carbons (Fsp3) is 1.00. The highest BCUT2D eigenvalue weighted by Crippen LogP contribution is 2.25. The van der Waals surface area contributed by atoms with E-state index in [2.05, 4.69) is 19.2 Å². The molecule has 1 saturated carbocycles. The summed E-state index contributed by atoms with van der Waals surface area (Å²) in [6, 6.07) is 1.31. The molecule has 1 rings (SSSR count). The van der Waals surface area contributed by atoms with E-state index in [0.29, 0.717) is 6.04 Å². The average Bonchev–Trinajstić information content (AvgIpc) is 2.58. The van der Waals surface area contributed by atoms with Crippen molar-refractivity contribution in [1.29, 1.82) is 0 Å². The second kappa shape index (κ2) is 6.41. The molecule has 0 aliphatic heterocycles. The van der Waals surface area contributed by atoms with Crippen LogP contribution in [0.4, 0.5) is 0 Å². The smallest absolute Gasteiger partial charge is 0.0192 e. The van der Waals surface area contributed by atoms with Gasteiger partial charge in [0.05, 0.1) is 0 Å². The maximum atomic E-state index is 5.76. The van der Waals surface area contributed by atoms with Gasteiger partial charge in [-0.2, -0.15) is 0 Å². The zero-order valence-corrected chi connectivity index (χ0v) is 9.76. The summed E-state index contributed by atoms with van der Waals surface area (Å²) >= 11 is 0. The zero-order chi connectivity index (χ0) is 10.4. The van der Waals surface area contributed by atoms with Crippen LogP contribution in [0.2, 0.25) is 0 Å². The molecule has 0 spiro atoms. The van der Waals surface area contributed by atoms with Gasteiger partial charge in [-0.25, -0.2) is 0 Å². The number of nitrogens with two attached hydrogens (primary N) is 1. The highest BCUT2D eigenvalue weighted by Gasteiger charge is 2.22. The Hall–Kier alpha value is -0.0800. The van der Waals surface area contributed by atoms with Crippen LogP contribution < -0.4 is 11.1 Å². The lowest BCUT2D eigenvalue weighted by atomic mass is 10.1. The maximum absolute atomic E-state index is 5.76. The molecular formula is C12H26N2. The molecule has 0 aromatic carbocycles. The molecule has 2 heteroatoms. The fourth-order valence-corrected chi connectivity index (χ4v) is 2.41. The Morgan fingerprint density at radius 3 is 2.71 bits per heavy atom. The zero-order valence-electron chi connectivity index (χ0n) is 9.76. The molecule has 0 aromatic rings. The minimum Gasteiger partial charge on any atom is -0.329 e. The minimum atomic E-state index is 0.560. The molecule has 3 N–H and O–H groups in total. The van der Waals surface area contributed by atoms with Gasteiger partial charge in [-0.15, -0.1) is 0 Å². The topological polar surface area (TPSA) is 38.0 Å². The summed E-state index contributed by atoms with van der Waals surface area (Å²) in [4.78, 5) is 0. The summed E-state index contributed by atoms with van der Waals surface area (Å²) in [5.41, 5.74) is 5.76. The van der Waals surface area contributed by atoms with Gasteiger partial charge in [0.15, 0.2) is 0 Å². The molecule has 0 heterocycles. The van der Waals surface area contributed by atoms with Crippen LogP contribution in [0.1, 0.15) is 52.4 Å². The van der Waals surface area contributed by atoms with Gasteiger partial charge >= 0.3 is 0 Å². The summed E-state index contributed by atoms with van der Waals surface area (Å²) in [7, 11) is 0. The van der Waals surface area contributed by atoms with Gasteiger partial charge in [-0.1, -0.05) is 26.7 Å². The lowest BCUT2D eigenvalue weighted by molar-refractivity contribution is 0.400. The van der Waals surface area contributed by atoms with Crippen LogP contribution in [0.3, 0.4) is 0 Å². The summed E-state index contributed by atoms with van der Waals surface area (Å²) in [6.45, 7) is 5.39. The van der Waals surface area contributed by atoms with E-state index in [9.17, 15) is 0 Å². The van der Waals surface area contributed by atoms with Crippen molar-refractivity contribution in [3.05, 3.63) is 0 Å². The third kappa shape index (κ3) is 3.97. The summed E-state index contributed by atoms with van der Waals surface area (Å²) in [5, 5.41) is 3.71. The monoisotopic (exact) mass is 198 g/mol. The van der Waals surface area contributed by atoms with Crippen LogP contribution in [0.5, 0.6) is 0 Å². The van der Waals surface area contributed by atoms with Gasteiger partial charge in [-0.3, -0.25) is 0 Å². The standard InChI is InChI=1S/C12H26N2/c1-3-4-5-12(9-13)14-11-7-6-10(2)8-11/h10-12,14H,3-9,13H2,1-2H3. The SMILES string of the molecule is CCCCC(CN)NC1CCC(C)C1. The van der Waals surface area contributed by atoms with E-state index in [1.165, 1.54) is 38.5 Å². The van der Waals surface area contributed by atoms with Crippen molar-refractivity contribution in [2.75, 3.05) is 6.54 Å². The Bertz CT molecular complexity index is 147. The Kier molecular flexibility index (Phi) is 5.49. The molecule has 0 aromatic heterocycles. The van der Waals surface area contributed by atoms with E-state index < -0.39 is 0 Å². The second-order valence-corrected chi connectivity index (χ2v) is 4.86. The first-order valence-corrected chi connectivity index (χ1v) is 6.22. The van der Waals surface area contributed by atoms with Crippen molar-refractivity contribution >= 4 is 0 Å². The normalized spacial score (nSPS) is 29.4. The van der Waals surface area contributed by atoms with E-state index in [-0.39, 0.29) is 0 Å². The highest BCUT2D eigenvalue weighted by molar-refractivity contribution is 4.82. The quantitative estimate of drug-likeness (QED) is 0.687. The number of hydrogen-bond acceptors (Lipinski definition) is 2. The lowest BCUT2D eigenvalue weighted by Crippen LogP contribution is -2.41. The van der Waals surface area contributed by atoms with Crippen molar-refractivity contribution in [1.82, 2.24) is 5.32 Å². The van der Waals surface area contributed by atoms with Gasteiger partial charge < -0.3 is 11.1 Å². The molecule has 3 atom stereocenters. The summed E-state index contributed by atoms with van der Waals surface area (Å²) in [6.07, 6.45) is 7.92. The summed E-state index contributed by atoms with van der Waals surface area (Å²) in [5.74, 6) is 0.914. The second-order valence-electron chi connectivity index (χ2n) is 4.86. The third-order valence-corrected chi connectivity index (χ3v) is 3.36. The van der Waals surface area contributed by atoms with Crippen LogP contribution in [-0.4, -0.2) is 18.6 Å². The maximum Gasteiger partial charge on any atom is 0.0192 e. The highest BCUT2D eigenvalue weighted by atomic mass is 15.0. The Labute approximate surface area is 88.6 Å². The van der Waals surface area contributed by atoms with Crippen LogP contribution in [0.25, 0.3) is 0 Å². The Morgan fingerprint density at radius 2 is 2.21 bits per heavy atom. The number of unbranched alkanes of at least 4 members (excludes halogenated alkanes) is 1. The minimum absolute atomic E-state index is 0.560. The van der Waals surface area contributed by atoms with Gasteiger partial charge in [0.2, 0.25) is 0 Å². The van der Waals surface area contributed by atoms with Gasteiger partial charge in [0.1, 0.15) is 0 Å². The van der Waals surface area contributed by atoms with Crippen LogP contribution in [0.15, 0.2) is 0 Å². The Balaban J connectivity index is 2.19. The fourth-order valence-electron chi connectivity index (χ4n) is 2.41. The first kappa shape index (κ1) is 12.0. The molecule has 0 saturated heterocycles. The van der Waals surface area contributed by atoms with Gasteiger partial charge in [0.25, 0.3) is 0 Å². The van der Waals surface area contributed by atoms with E-state index in [1.807, 2.05) is 0 Å². The predicted molar refractivity (Wildman–Crippen MR) is 62.3 cm³/mol. The lowest BCUT2D eigenvalue weighted by Gasteiger charge is -2.21. The number of rotatable bonds is 6. The van der Waals surface area contributed by atoms with E-state index in [4.69, 9.17) is 5.73 Å². The van der Waals surface area contributed by atoms with Crippen molar-refractivity contribution in [2.45, 2.75) is 64.5 Å². The molecule has 2 nitrogen and oxygen atoms in total. The van der Waals surface area contributed by atoms with Crippen molar-refractivity contribution < 1.29 is 0 Å². The van der Waals surface area contributed by atoms with Crippen molar-refractivity contribution in [3.63, 3.8) is 0 Å². The van der Waals surface area contributed by atoms with Crippen LogP contribution in [0, 0.1) is 5.92 Å². The first-order chi connectivity index (χ1) is 6.76. The molecule has 3 unspecified atom stereocenters. The third-order valence-electron chi connectivity index (χ3n) is 3.36. The average molecular weight is 198 g/mol. The molecule has 0 bridgehead atoms. The molecule has 0 radical (unpaired) electrons. The summed E-state index contributed by atoms with van der Waals surface area (Å²) < 4.78 is 0. The van der Waals surface area contributed by atoms with Crippen LogP contribution >= 0.6 is 0 Å². The number of hydrogen-bond donors (Lipinski definition) is 2. The van der Waals surface area contributed by atoms with E-state index in [0.717, 1.165) is 18.5 Å². The van der Waals surface area contributed by atoms with E-state index in [1.54, 1.807) is 0 Å². The molecule has 14 heavy (non-hydrogen) atoms. The van der Waals surface area contributed by atoms with Crippen molar-refractivity contribution in [3.8, 4) is 0 Å². The molecule has 1 aliphatic rings. The predicted octanol–water partition coefficient (Wildman–Crippen LogP) is 2.28. The largest absolute Gasteiger partial charge is 0.329 e. The van der Waals surface area contributed by atoms with Crippen LogP contribution in [-0.2, 0) is 0 Å². The molecule has 84 valence electrons. The van der Waals surface area contributed by atoms with Crippen molar-refractivity contribution in [2.24, 2.45) is 11.7 Å². The first-order valence-electron chi connectivity index (χ1n) is 6.22. The van der Waals surface area contributed by atoms with Gasteiger partial charge in [-0.05, 0) is 31.6 Å². The Morgan fingerprint density at radius 1 is 1.43 bits per heavy atom. The molecule has 1 fully saturated rings. The molecular weight excluding hydrogens is 172 g/mol.